The van der Waals surface area contributed by atoms with Crippen molar-refractivity contribution >= 4 is 0 Å². The molecule has 1 N–H and O–H groups in total. The fourth-order valence-corrected chi connectivity index (χ4v) is 1.40. The highest BCUT2D eigenvalue weighted by Crippen LogP contribution is 2.24. The molecule has 1 aromatic heterocycles. The molecule has 5 nitrogen and oxygen atoms in total. The molecule has 0 amide bonds. The van der Waals surface area contributed by atoms with Crippen LogP contribution in [0.1, 0.15) is 11.4 Å². The Morgan fingerprint density at radius 2 is 2.62 bits per heavy atom. The zero-order valence-corrected chi connectivity index (χ0v) is 7.19. The maximum Gasteiger partial charge on any atom is 0.298 e. The second-order valence-corrected chi connectivity index (χ2v) is 2.97. The monoisotopic (exact) mass is 179 g/mol. The van der Waals surface area contributed by atoms with Crippen molar-refractivity contribution in [3.63, 3.8) is 0 Å². The summed E-state index contributed by atoms with van der Waals surface area (Å²) in [6.45, 7) is 2.37. The fraction of sp³-hybridized carbons (Fsp3) is 0.500. The Balaban J connectivity index is 2.37. The molecular formula is C8H9N3O2. The number of aromatic nitrogens is 2. The van der Waals surface area contributed by atoms with Gasteiger partial charge in [-0.15, -0.1) is 0 Å². The van der Waals surface area contributed by atoms with Gasteiger partial charge in [0.05, 0.1) is 18.8 Å². The maximum atomic E-state index is 8.84. The summed E-state index contributed by atoms with van der Waals surface area (Å²) in [6.07, 6.45) is -0.214. The summed E-state index contributed by atoms with van der Waals surface area (Å²) in [5.74, 6) is 0. The molecule has 0 bridgehead atoms. The van der Waals surface area contributed by atoms with Gasteiger partial charge >= 0.3 is 0 Å². The summed E-state index contributed by atoms with van der Waals surface area (Å²) >= 11 is 0. The van der Waals surface area contributed by atoms with Crippen LogP contribution in [0.2, 0.25) is 0 Å². The number of nitriles is 1. The fourth-order valence-electron chi connectivity index (χ4n) is 1.40. The van der Waals surface area contributed by atoms with E-state index in [4.69, 9.17) is 15.1 Å². The van der Waals surface area contributed by atoms with Crippen molar-refractivity contribution in [2.24, 2.45) is 0 Å². The molecule has 0 saturated heterocycles. The van der Waals surface area contributed by atoms with E-state index < -0.39 is 0 Å². The van der Waals surface area contributed by atoms with Crippen LogP contribution in [0.3, 0.4) is 0 Å². The Bertz CT molecular complexity index is 377. The van der Waals surface area contributed by atoms with Crippen molar-refractivity contribution in [3.05, 3.63) is 11.4 Å². The third-order valence-corrected chi connectivity index (χ3v) is 2.15. The Morgan fingerprint density at radius 3 is 3.15 bits per heavy atom. The van der Waals surface area contributed by atoms with Crippen molar-refractivity contribution in [1.29, 1.82) is 5.26 Å². The van der Waals surface area contributed by atoms with Gasteiger partial charge in [-0.05, 0) is 6.92 Å². The lowest BCUT2D eigenvalue weighted by Gasteiger charge is -2.03. The third-order valence-electron chi connectivity index (χ3n) is 2.15. The van der Waals surface area contributed by atoms with Crippen molar-refractivity contribution in [2.75, 3.05) is 6.61 Å². The van der Waals surface area contributed by atoms with Gasteiger partial charge in [0, 0.05) is 0 Å². The van der Waals surface area contributed by atoms with Gasteiger partial charge in [-0.3, -0.25) is 4.57 Å². The molecular weight excluding hydrogens is 170 g/mol. The highest BCUT2D eigenvalue weighted by Gasteiger charge is 2.26. The largest absolute Gasteiger partial charge is 0.457 e. The number of aliphatic hydroxyl groups is 1. The van der Waals surface area contributed by atoms with Crippen molar-refractivity contribution in [1.82, 2.24) is 9.55 Å². The van der Waals surface area contributed by atoms with Gasteiger partial charge in [-0.1, -0.05) is 0 Å². The van der Waals surface area contributed by atoms with Crippen LogP contribution < -0.4 is 4.74 Å². The SMILES string of the molecule is Cc1c(C#N)nc2n1C[C@@H](CO)O2. The van der Waals surface area contributed by atoms with Crippen LogP contribution in [0.5, 0.6) is 6.01 Å². The summed E-state index contributed by atoms with van der Waals surface area (Å²) in [5.41, 5.74) is 1.19. The molecule has 2 rings (SSSR count). The highest BCUT2D eigenvalue weighted by atomic mass is 16.5. The van der Waals surface area contributed by atoms with E-state index in [0.29, 0.717) is 18.2 Å². The Labute approximate surface area is 75.2 Å². The number of imidazole rings is 1. The zero-order valence-electron chi connectivity index (χ0n) is 7.19. The van der Waals surface area contributed by atoms with Crippen LogP contribution in [-0.4, -0.2) is 27.4 Å². The van der Waals surface area contributed by atoms with E-state index in [2.05, 4.69) is 4.98 Å². The minimum atomic E-state index is -0.214. The second-order valence-electron chi connectivity index (χ2n) is 2.97. The minimum absolute atomic E-state index is 0.0231. The first-order valence-corrected chi connectivity index (χ1v) is 4.01. The quantitative estimate of drug-likeness (QED) is 0.649. The van der Waals surface area contributed by atoms with Crippen LogP contribution in [0, 0.1) is 18.3 Å². The van der Waals surface area contributed by atoms with E-state index in [9.17, 15) is 0 Å². The minimum Gasteiger partial charge on any atom is -0.457 e. The van der Waals surface area contributed by atoms with Gasteiger partial charge in [0.1, 0.15) is 12.2 Å². The van der Waals surface area contributed by atoms with E-state index in [-0.39, 0.29) is 12.7 Å². The Morgan fingerprint density at radius 1 is 1.85 bits per heavy atom. The average Bonchev–Trinajstić information content (AvgIpc) is 2.65. The molecule has 0 saturated carbocycles. The Hall–Kier alpha value is -1.54. The first kappa shape index (κ1) is 8.08. The highest BCUT2D eigenvalue weighted by molar-refractivity contribution is 5.31. The summed E-state index contributed by atoms with van der Waals surface area (Å²) in [7, 11) is 0. The number of aliphatic hydroxyl groups excluding tert-OH is 1. The number of hydrogen-bond donors (Lipinski definition) is 1. The van der Waals surface area contributed by atoms with Gasteiger partial charge in [0.25, 0.3) is 6.01 Å². The van der Waals surface area contributed by atoms with Crippen molar-refractivity contribution in [2.45, 2.75) is 19.6 Å². The lowest BCUT2D eigenvalue weighted by Crippen LogP contribution is -2.19. The smallest absolute Gasteiger partial charge is 0.298 e. The van der Waals surface area contributed by atoms with Gasteiger partial charge in [0.15, 0.2) is 5.69 Å². The van der Waals surface area contributed by atoms with Crippen molar-refractivity contribution < 1.29 is 9.84 Å². The molecule has 2 heterocycles. The molecule has 0 unspecified atom stereocenters. The number of ether oxygens (including phenoxy) is 1. The lowest BCUT2D eigenvalue weighted by molar-refractivity contribution is 0.129. The summed E-state index contributed by atoms with van der Waals surface area (Å²) in [5, 5.41) is 17.5. The molecule has 0 spiro atoms. The second kappa shape index (κ2) is 2.75. The van der Waals surface area contributed by atoms with E-state index in [0.717, 1.165) is 5.69 Å². The van der Waals surface area contributed by atoms with Crippen LogP contribution in [0.15, 0.2) is 0 Å². The van der Waals surface area contributed by atoms with Gasteiger partial charge in [0.2, 0.25) is 0 Å². The summed E-state index contributed by atoms with van der Waals surface area (Å²) in [6, 6.07) is 2.42. The van der Waals surface area contributed by atoms with Crippen LogP contribution in [0.4, 0.5) is 0 Å². The third kappa shape index (κ3) is 1.07. The predicted molar refractivity (Wildman–Crippen MR) is 43.2 cm³/mol. The molecule has 1 aliphatic rings. The molecule has 0 radical (unpaired) electrons. The number of hydrogen-bond acceptors (Lipinski definition) is 4. The number of rotatable bonds is 1. The van der Waals surface area contributed by atoms with E-state index >= 15 is 0 Å². The summed E-state index contributed by atoms with van der Waals surface area (Å²) < 4.78 is 7.08. The van der Waals surface area contributed by atoms with E-state index in [1.807, 2.05) is 13.0 Å². The molecule has 0 aliphatic carbocycles. The molecule has 0 fully saturated rings. The molecule has 68 valence electrons. The number of nitrogens with zero attached hydrogens (tertiary/aromatic N) is 3. The molecule has 1 aromatic rings. The summed E-state index contributed by atoms with van der Waals surface area (Å²) in [4.78, 5) is 3.98. The molecule has 5 heteroatoms. The van der Waals surface area contributed by atoms with Gasteiger partial charge < -0.3 is 9.84 Å². The molecule has 0 aromatic carbocycles. The van der Waals surface area contributed by atoms with Crippen molar-refractivity contribution in [3.8, 4) is 12.1 Å². The average molecular weight is 179 g/mol. The molecule has 1 atom stereocenters. The van der Waals surface area contributed by atoms with Crippen LogP contribution in [0.25, 0.3) is 0 Å². The van der Waals surface area contributed by atoms with E-state index in [1.165, 1.54) is 0 Å². The molecule has 1 aliphatic heterocycles. The van der Waals surface area contributed by atoms with Crippen LogP contribution in [-0.2, 0) is 6.54 Å². The predicted octanol–water partition coefficient (Wildman–Crippen LogP) is -0.184. The normalized spacial score (nSPS) is 19.3. The number of fused-ring (bicyclic) bond motifs is 1. The van der Waals surface area contributed by atoms with Gasteiger partial charge in [-0.2, -0.15) is 10.2 Å². The first-order valence-electron chi connectivity index (χ1n) is 4.01. The first-order chi connectivity index (χ1) is 6.26. The van der Waals surface area contributed by atoms with Gasteiger partial charge in [-0.25, -0.2) is 0 Å². The lowest BCUT2D eigenvalue weighted by atomic mass is 10.3. The van der Waals surface area contributed by atoms with E-state index in [1.54, 1.807) is 4.57 Å². The topological polar surface area (TPSA) is 71.1 Å². The molecule has 13 heavy (non-hydrogen) atoms. The maximum absolute atomic E-state index is 8.84. The zero-order chi connectivity index (χ0) is 9.42. The standard InChI is InChI=1S/C8H9N3O2/c1-5-7(2-9)10-8-11(5)3-6(4-12)13-8/h6,12H,3-4H2,1H3/t6-/m0/s1. The van der Waals surface area contributed by atoms with Crippen LogP contribution >= 0.6 is 0 Å². The Kier molecular flexibility index (Phi) is 1.71.